The van der Waals surface area contributed by atoms with E-state index >= 15 is 0 Å². The summed E-state index contributed by atoms with van der Waals surface area (Å²) in [7, 11) is 3.43. The van der Waals surface area contributed by atoms with Gasteiger partial charge >= 0.3 is 0 Å². The van der Waals surface area contributed by atoms with E-state index in [1.54, 1.807) is 23.7 Å². The molecule has 0 saturated carbocycles. The van der Waals surface area contributed by atoms with Crippen LogP contribution >= 0.6 is 0 Å². The largest absolute Gasteiger partial charge is 0.383 e. The number of carbonyl (C=O) groups excluding carboxylic acids is 1. The van der Waals surface area contributed by atoms with Crippen molar-refractivity contribution >= 4 is 5.91 Å². The van der Waals surface area contributed by atoms with Gasteiger partial charge in [-0.1, -0.05) is 5.21 Å². The lowest BCUT2D eigenvalue weighted by Gasteiger charge is -2.40. The molecular formula is C10H16N4O2. The van der Waals surface area contributed by atoms with Gasteiger partial charge in [-0.25, -0.2) is 0 Å². The van der Waals surface area contributed by atoms with Crippen molar-refractivity contribution in [2.24, 2.45) is 7.05 Å². The molecule has 1 aromatic rings. The Hall–Kier alpha value is -1.43. The van der Waals surface area contributed by atoms with Crippen LogP contribution in [-0.4, -0.2) is 52.1 Å². The molecule has 0 N–H and O–H groups in total. The Balaban J connectivity index is 2.11. The van der Waals surface area contributed by atoms with E-state index in [-0.39, 0.29) is 11.9 Å². The number of hydrogen-bond acceptors (Lipinski definition) is 4. The first-order valence-corrected chi connectivity index (χ1v) is 5.31. The second-order valence-electron chi connectivity index (χ2n) is 4.04. The molecule has 6 heteroatoms. The smallest absolute Gasteiger partial charge is 0.276 e. The van der Waals surface area contributed by atoms with Crippen molar-refractivity contribution < 1.29 is 9.53 Å². The summed E-state index contributed by atoms with van der Waals surface area (Å²) in [5, 5.41) is 7.73. The van der Waals surface area contributed by atoms with Crippen LogP contribution in [0.15, 0.2) is 0 Å². The molecule has 1 unspecified atom stereocenters. The zero-order chi connectivity index (χ0) is 11.7. The van der Waals surface area contributed by atoms with E-state index in [2.05, 4.69) is 10.3 Å². The van der Waals surface area contributed by atoms with Gasteiger partial charge in [0.2, 0.25) is 0 Å². The summed E-state index contributed by atoms with van der Waals surface area (Å²) in [5.74, 6) is -0.0427. The van der Waals surface area contributed by atoms with Crippen molar-refractivity contribution in [3.05, 3.63) is 11.4 Å². The number of aryl methyl sites for hydroxylation is 1. The van der Waals surface area contributed by atoms with Gasteiger partial charge in [0.1, 0.15) is 0 Å². The van der Waals surface area contributed by atoms with Gasteiger partial charge in [-0.3, -0.25) is 9.48 Å². The van der Waals surface area contributed by atoms with Crippen molar-refractivity contribution in [2.45, 2.75) is 19.4 Å². The minimum absolute atomic E-state index is 0.0427. The standard InChI is InChI=1S/C10H16N4O2/c1-7-9(11-12-13(7)2)10(15)14-5-4-8(14)6-16-3/h8H,4-6H2,1-3H3. The first-order valence-electron chi connectivity index (χ1n) is 5.31. The number of hydrogen-bond donors (Lipinski definition) is 0. The quantitative estimate of drug-likeness (QED) is 0.724. The maximum atomic E-state index is 12.1. The molecule has 0 spiro atoms. The van der Waals surface area contributed by atoms with Gasteiger partial charge < -0.3 is 9.64 Å². The zero-order valence-electron chi connectivity index (χ0n) is 9.80. The molecule has 1 amide bonds. The van der Waals surface area contributed by atoms with Crippen LogP contribution in [0.2, 0.25) is 0 Å². The zero-order valence-corrected chi connectivity index (χ0v) is 9.80. The van der Waals surface area contributed by atoms with Gasteiger partial charge in [0.15, 0.2) is 5.69 Å². The van der Waals surface area contributed by atoms with Crippen LogP contribution in [0, 0.1) is 6.92 Å². The first-order chi connectivity index (χ1) is 7.65. The highest BCUT2D eigenvalue weighted by atomic mass is 16.5. The van der Waals surface area contributed by atoms with Crippen LogP contribution in [-0.2, 0) is 11.8 Å². The van der Waals surface area contributed by atoms with Gasteiger partial charge in [-0.05, 0) is 13.3 Å². The molecule has 16 heavy (non-hydrogen) atoms. The van der Waals surface area contributed by atoms with Crippen molar-refractivity contribution in [2.75, 3.05) is 20.3 Å². The lowest BCUT2D eigenvalue weighted by atomic mass is 10.0. The van der Waals surface area contributed by atoms with Crippen LogP contribution in [0.1, 0.15) is 22.6 Å². The van der Waals surface area contributed by atoms with Gasteiger partial charge in [-0.15, -0.1) is 5.10 Å². The molecule has 1 fully saturated rings. The molecule has 1 aromatic heterocycles. The van der Waals surface area contributed by atoms with E-state index in [9.17, 15) is 4.79 Å². The van der Waals surface area contributed by atoms with Crippen molar-refractivity contribution in [3.8, 4) is 0 Å². The van der Waals surface area contributed by atoms with Crippen LogP contribution in [0.5, 0.6) is 0 Å². The molecular weight excluding hydrogens is 208 g/mol. The third-order valence-electron chi connectivity index (χ3n) is 3.07. The summed E-state index contributed by atoms with van der Waals surface area (Å²) in [4.78, 5) is 13.9. The normalized spacial score (nSPS) is 19.7. The average Bonchev–Trinajstić information content (AvgIpc) is 2.55. The summed E-state index contributed by atoms with van der Waals surface area (Å²) in [6, 6.07) is 0.193. The number of carbonyl (C=O) groups is 1. The molecule has 2 rings (SSSR count). The van der Waals surface area contributed by atoms with Crippen LogP contribution < -0.4 is 0 Å². The highest BCUT2D eigenvalue weighted by Gasteiger charge is 2.34. The first kappa shape index (κ1) is 11.1. The van der Waals surface area contributed by atoms with Gasteiger partial charge in [0.05, 0.1) is 18.3 Å². The Labute approximate surface area is 94.2 Å². The molecule has 0 radical (unpaired) electrons. The van der Waals surface area contributed by atoms with E-state index in [0.29, 0.717) is 12.3 Å². The van der Waals surface area contributed by atoms with E-state index in [0.717, 1.165) is 18.7 Å². The average molecular weight is 224 g/mol. The number of amides is 1. The second-order valence-corrected chi connectivity index (χ2v) is 4.04. The lowest BCUT2D eigenvalue weighted by Crippen LogP contribution is -2.53. The molecule has 0 aromatic carbocycles. The molecule has 0 aliphatic carbocycles. The third kappa shape index (κ3) is 1.69. The van der Waals surface area contributed by atoms with Crippen molar-refractivity contribution in [3.63, 3.8) is 0 Å². The molecule has 0 bridgehead atoms. The molecule has 6 nitrogen and oxygen atoms in total. The summed E-state index contributed by atoms with van der Waals surface area (Å²) >= 11 is 0. The van der Waals surface area contributed by atoms with Crippen molar-refractivity contribution in [1.82, 2.24) is 19.9 Å². The van der Waals surface area contributed by atoms with Crippen LogP contribution in [0.25, 0.3) is 0 Å². The van der Waals surface area contributed by atoms with E-state index < -0.39 is 0 Å². The number of nitrogens with zero attached hydrogens (tertiary/aromatic N) is 4. The van der Waals surface area contributed by atoms with E-state index in [4.69, 9.17) is 4.74 Å². The van der Waals surface area contributed by atoms with Gasteiger partial charge in [0, 0.05) is 20.7 Å². The molecule has 88 valence electrons. The SMILES string of the molecule is COCC1CCN1C(=O)c1nnn(C)c1C. The summed E-state index contributed by atoms with van der Waals surface area (Å²) in [6.45, 7) is 3.21. The van der Waals surface area contributed by atoms with Gasteiger partial charge in [0.25, 0.3) is 5.91 Å². The van der Waals surface area contributed by atoms with Crippen molar-refractivity contribution in [1.29, 1.82) is 0 Å². The minimum atomic E-state index is -0.0427. The fourth-order valence-electron chi connectivity index (χ4n) is 1.81. The lowest BCUT2D eigenvalue weighted by molar-refractivity contribution is 0.0196. The predicted molar refractivity (Wildman–Crippen MR) is 57.1 cm³/mol. The van der Waals surface area contributed by atoms with Crippen LogP contribution in [0.4, 0.5) is 0 Å². The number of methoxy groups -OCH3 is 1. The second kappa shape index (κ2) is 4.21. The number of likely N-dealkylation sites (tertiary alicyclic amines) is 1. The Morgan fingerprint density at radius 3 is 2.81 bits per heavy atom. The highest BCUT2D eigenvalue weighted by Crippen LogP contribution is 2.20. The fraction of sp³-hybridized carbons (Fsp3) is 0.700. The molecule has 1 aliphatic rings. The Bertz CT molecular complexity index is 402. The molecule has 1 atom stereocenters. The van der Waals surface area contributed by atoms with E-state index in [1.165, 1.54) is 0 Å². The summed E-state index contributed by atoms with van der Waals surface area (Å²) in [5.41, 5.74) is 1.25. The Morgan fingerprint density at radius 1 is 1.62 bits per heavy atom. The topological polar surface area (TPSA) is 60.2 Å². The Kier molecular flexibility index (Phi) is 2.91. The van der Waals surface area contributed by atoms with E-state index in [1.807, 2.05) is 6.92 Å². The molecule has 2 heterocycles. The predicted octanol–water partition coefficient (Wildman–Crippen LogP) is -0.0156. The third-order valence-corrected chi connectivity index (χ3v) is 3.07. The number of rotatable bonds is 3. The number of aromatic nitrogens is 3. The maximum absolute atomic E-state index is 12.1. The molecule has 1 saturated heterocycles. The maximum Gasteiger partial charge on any atom is 0.276 e. The fourth-order valence-corrected chi connectivity index (χ4v) is 1.81. The minimum Gasteiger partial charge on any atom is -0.383 e. The summed E-state index contributed by atoms with van der Waals surface area (Å²) in [6.07, 6.45) is 0.999. The Morgan fingerprint density at radius 2 is 2.38 bits per heavy atom. The highest BCUT2D eigenvalue weighted by molar-refractivity contribution is 5.93. The van der Waals surface area contributed by atoms with Gasteiger partial charge in [-0.2, -0.15) is 0 Å². The monoisotopic (exact) mass is 224 g/mol. The number of ether oxygens (including phenoxy) is 1. The summed E-state index contributed by atoms with van der Waals surface area (Å²) < 4.78 is 6.67. The molecule has 1 aliphatic heterocycles. The van der Waals surface area contributed by atoms with Crippen LogP contribution in [0.3, 0.4) is 0 Å².